The van der Waals surface area contributed by atoms with Crippen LogP contribution >= 0.6 is 0 Å². The minimum absolute atomic E-state index is 0.0648. The molecule has 0 aromatic heterocycles. The van der Waals surface area contributed by atoms with E-state index in [4.69, 9.17) is 4.74 Å². The molecule has 0 amide bonds. The number of hydrogen-bond acceptors (Lipinski definition) is 5. The molecular formula is C14H10F2N2O5. The first kappa shape index (κ1) is 16.4. The molecule has 0 aliphatic carbocycles. The number of nitro benzene ring substituents is 2. The Morgan fingerprint density at radius 3 is 1.57 bits per heavy atom. The molecule has 0 bridgehead atoms. The highest BCUT2D eigenvalue weighted by Crippen LogP contribution is 2.23. The van der Waals surface area contributed by atoms with Gasteiger partial charge in [-0.25, -0.2) is 0 Å². The van der Waals surface area contributed by atoms with Crippen molar-refractivity contribution in [2.24, 2.45) is 0 Å². The van der Waals surface area contributed by atoms with E-state index in [9.17, 15) is 29.0 Å². The Hall–Kier alpha value is -2.94. The van der Waals surface area contributed by atoms with Crippen molar-refractivity contribution in [2.75, 3.05) is 0 Å². The van der Waals surface area contributed by atoms with Crippen molar-refractivity contribution in [1.82, 2.24) is 0 Å². The fraction of sp³-hybridized carbons (Fsp3) is 0.143. The normalized spacial score (nSPS) is 10.5. The molecule has 0 N–H and O–H groups in total. The maximum atomic E-state index is 13.8. The fourth-order valence-corrected chi connectivity index (χ4v) is 1.91. The summed E-state index contributed by atoms with van der Waals surface area (Å²) >= 11 is 0. The molecule has 2 aromatic carbocycles. The van der Waals surface area contributed by atoms with Crippen LogP contribution in [0.1, 0.15) is 11.1 Å². The third-order valence-corrected chi connectivity index (χ3v) is 3.03. The van der Waals surface area contributed by atoms with Gasteiger partial charge in [0.2, 0.25) is 11.6 Å². The van der Waals surface area contributed by atoms with Crippen LogP contribution in [0.4, 0.5) is 20.2 Å². The van der Waals surface area contributed by atoms with Crippen LogP contribution < -0.4 is 0 Å². The van der Waals surface area contributed by atoms with Crippen molar-refractivity contribution in [3.63, 3.8) is 0 Å². The van der Waals surface area contributed by atoms with Crippen molar-refractivity contribution in [1.29, 1.82) is 0 Å². The first-order valence-electron chi connectivity index (χ1n) is 6.33. The van der Waals surface area contributed by atoms with E-state index in [-0.39, 0.29) is 24.3 Å². The zero-order valence-corrected chi connectivity index (χ0v) is 11.6. The van der Waals surface area contributed by atoms with E-state index in [0.717, 1.165) is 12.1 Å². The zero-order chi connectivity index (χ0) is 17.0. The Balaban J connectivity index is 2.09. The van der Waals surface area contributed by atoms with Crippen LogP contribution in [0.5, 0.6) is 0 Å². The van der Waals surface area contributed by atoms with Gasteiger partial charge < -0.3 is 4.74 Å². The van der Waals surface area contributed by atoms with Crippen LogP contribution in [0, 0.1) is 31.9 Å². The van der Waals surface area contributed by atoms with Crippen molar-refractivity contribution in [3.8, 4) is 0 Å². The Bertz CT molecular complexity index is 703. The lowest BCUT2D eigenvalue weighted by molar-refractivity contribution is -0.387. The first-order valence-corrected chi connectivity index (χ1v) is 6.33. The molecule has 2 aromatic rings. The Kier molecular flexibility index (Phi) is 4.91. The van der Waals surface area contributed by atoms with E-state index in [0.29, 0.717) is 0 Å². The van der Waals surface area contributed by atoms with Crippen LogP contribution in [0.2, 0.25) is 0 Å². The molecule has 0 saturated carbocycles. The van der Waals surface area contributed by atoms with E-state index in [2.05, 4.69) is 0 Å². The molecule has 120 valence electrons. The lowest BCUT2D eigenvalue weighted by Gasteiger charge is -2.07. The van der Waals surface area contributed by atoms with Gasteiger partial charge in [0, 0.05) is 23.3 Å². The Labute approximate surface area is 128 Å². The summed E-state index contributed by atoms with van der Waals surface area (Å²) in [6.45, 7) is -0.675. The third kappa shape index (κ3) is 3.64. The lowest BCUT2D eigenvalue weighted by Crippen LogP contribution is -2.02. The summed E-state index contributed by atoms with van der Waals surface area (Å²) < 4.78 is 32.7. The minimum Gasteiger partial charge on any atom is -0.372 e. The van der Waals surface area contributed by atoms with Gasteiger partial charge in [0.15, 0.2) is 0 Å². The SMILES string of the molecule is O=[N+]([O-])c1cccc(COCc2cccc([N+](=O)[O-])c2F)c1F. The number of halogens is 2. The highest BCUT2D eigenvalue weighted by atomic mass is 19.1. The van der Waals surface area contributed by atoms with Crippen LogP contribution in [0.25, 0.3) is 0 Å². The highest BCUT2D eigenvalue weighted by Gasteiger charge is 2.19. The summed E-state index contributed by atoms with van der Waals surface area (Å²) in [7, 11) is 0. The van der Waals surface area contributed by atoms with E-state index >= 15 is 0 Å². The minimum atomic E-state index is -1.03. The molecule has 0 fully saturated rings. The molecule has 0 aliphatic rings. The van der Waals surface area contributed by atoms with Crippen LogP contribution in [0.15, 0.2) is 36.4 Å². The van der Waals surface area contributed by atoms with Gasteiger partial charge in [-0.05, 0) is 0 Å². The van der Waals surface area contributed by atoms with E-state index in [1.165, 1.54) is 24.3 Å². The van der Waals surface area contributed by atoms with Gasteiger partial charge in [0.1, 0.15) is 0 Å². The van der Waals surface area contributed by atoms with Gasteiger partial charge in [-0.1, -0.05) is 24.3 Å². The predicted molar refractivity (Wildman–Crippen MR) is 74.6 cm³/mol. The summed E-state index contributed by atoms with van der Waals surface area (Å²) in [4.78, 5) is 19.5. The van der Waals surface area contributed by atoms with Gasteiger partial charge in [0.25, 0.3) is 0 Å². The summed E-state index contributed by atoms with van der Waals surface area (Å²) in [5.41, 5.74) is -1.50. The molecule has 0 spiro atoms. The molecule has 2 rings (SSSR count). The molecule has 0 heterocycles. The van der Waals surface area contributed by atoms with Crippen molar-refractivity contribution in [3.05, 3.63) is 79.4 Å². The maximum absolute atomic E-state index is 13.8. The second-order valence-corrected chi connectivity index (χ2v) is 4.51. The molecule has 0 saturated heterocycles. The number of hydrogen-bond donors (Lipinski definition) is 0. The highest BCUT2D eigenvalue weighted by molar-refractivity contribution is 5.37. The summed E-state index contributed by atoms with van der Waals surface area (Å²) in [6.07, 6.45) is 0. The first-order chi connectivity index (χ1) is 10.9. The van der Waals surface area contributed by atoms with Gasteiger partial charge >= 0.3 is 11.4 Å². The Morgan fingerprint density at radius 2 is 1.22 bits per heavy atom. The van der Waals surface area contributed by atoms with Crippen molar-refractivity contribution < 1.29 is 23.4 Å². The number of benzene rings is 2. The topological polar surface area (TPSA) is 95.5 Å². The summed E-state index contributed by atoms with van der Waals surface area (Å²) in [6, 6.07) is 7.22. The smallest absolute Gasteiger partial charge is 0.305 e. The quantitative estimate of drug-likeness (QED) is 0.598. The second kappa shape index (κ2) is 6.88. The molecule has 23 heavy (non-hydrogen) atoms. The van der Waals surface area contributed by atoms with Gasteiger partial charge in [-0.3, -0.25) is 20.2 Å². The number of nitrogens with zero attached hydrogens (tertiary/aromatic N) is 2. The number of nitro groups is 2. The molecule has 0 atom stereocenters. The second-order valence-electron chi connectivity index (χ2n) is 4.51. The fourth-order valence-electron chi connectivity index (χ4n) is 1.91. The average molecular weight is 324 g/mol. The van der Waals surface area contributed by atoms with Gasteiger partial charge in [-0.2, -0.15) is 8.78 Å². The molecule has 9 heteroatoms. The summed E-state index contributed by atoms with van der Waals surface area (Å²) in [5.74, 6) is -2.06. The third-order valence-electron chi connectivity index (χ3n) is 3.03. The number of ether oxygens (including phenoxy) is 1. The zero-order valence-electron chi connectivity index (χ0n) is 11.6. The molecule has 7 nitrogen and oxygen atoms in total. The lowest BCUT2D eigenvalue weighted by atomic mass is 10.2. The molecule has 0 radical (unpaired) electrons. The standard InChI is InChI=1S/C14H10F2N2O5/c15-13-9(3-1-5-11(13)17(19)20)7-23-8-10-4-2-6-12(14(10)16)18(21)22/h1-6H,7-8H2. The van der Waals surface area contributed by atoms with Crippen molar-refractivity contribution >= 4 is 11.4 Å². The molecule has 0 unspecified atom stereocenters. The average Bonchev–Trinajstić information content (AvgIpc) is 2.50. The van der Waals surface area contributed by atoms with Crippen LogP contribution in [-0.2, 0) is 18.0 Å². The largest absolute Gasteiger partial charge is 0.372 e. The summed E-state index contributed by atoms with van der Waals surface area (Å²) in [5, 5.41) is 21.3. The van der Waals surface area contributed by atoms with Crippen LogP contribution in [-0.4, -0.2) is 9.85 Å². The number of rotatable bonds is 6. The molecular weight excluding hydrogens is 314 g/mol. The van der Waals surface area contributed by atoms with E-state index < -0.39 is 32.9 Å². The maximum Gasteiger partial charge on any atom is 0.305 e. The Morgan fingerprint density at radius 1 is 0.826 bits per heavy atom. The van der Waals surface area contributed by atoms with Crippen molar-refractivity contribution in [2.45, 2.75) is 13.2 Å². The van der Waals surface area contributed by atoms with Gasteiger partial charge in [0.05, 0.1) is 23.1 Å². The van der Waals surface area contributed by atoms with E-state index in [1.54, 1.807) is 0 Å². The predicted octanol–water partition coefficient (Wildman–Crippen LogP) is 3.50. The van der Waals surface area contributed by atoms with E-state index in [1.807, 2.05) is 0 Å². The molecule has 0 aliphatic heterocycles. The van der Waals surface area contributed by atoms with Gasteiger partial charge in [-0.15, -0.1) is 0 Å². The van der Waals surface area contributed by atoms with Crippen LogP contribution in [0.3, 0.4) is 0 Å². The monoisotopic (exact) mass is 324 g/mol.